The van der Waals surface area contributed by atoms with Crippen LogP contribution in [0.1, 0.15) is 19.3 Å². The molecule has 1 saturated heterocycles. The zero-order chi connectivity index (χ0) is 17.6. The number of hydrogen-bond acceptors (Lipinski definition) is 4. The molecule has 25 heavy (non-hydrogen) atoms. The molecule has 1 amide bonds. The SMILES string of the molecule is O=C(C1CC1)N1CCCN(S(=O)(=O)c2sc3ccccc3c2Cl)CC1. The Kier molecular flexibility index (Phi) is 4.52. The van der Waals surface area contributed by atoms with E-state index in [-0.39, 0.29) is 16.0 Å². The molecule has 0 bridgehead atoms. The van der Waals surface area contributed by atoms with Crippen LogP contribution in [0.3, 0.4) is 0 Å². The van der Waals surface area contributed by atoms with Gasteiger partial charge in [0.1, 0.15) is 0 Å². The Morgan fingerprint density at radius 1 is 1.12 bits per heavy atom. The molecule has 0 atom stereocenters. The lowest BCUT2D eigenvalue weighted by Gasteiger charge is -2.21. The van der Waals surface area contributed by atoms with Crippen LogP contribution >= 0.6 is 22.9 Å². The van der Waals surface area contributed by atoms with Gasteiger partial charge in [-0.1, -0.05) is 29.8 Å². The average molecular weight is 399 g/mol. The van der Waals surface area contributed by atoms with E-state index in [0.717, 1.165) is 22.9 Å². The van der Waals surface area contributed by atoms with Gasteiger partial charge in [0, 0.05) is 42.2 Å². The van der Waals surface area contributed by atoms with Gasteiger partial charge < -0.3 is 4.90 Å². The van der Waals surface area contributed by atoms with E-state index in [1.165, 1.54) is 15.6 Å². The van der Waals surface area contributed by atoms with Crippen molar-refractivity contribution in [2.24, 2.45) is 5.92 Å². The second-order valence-corrected chi connectivity index (χ2v) is 10.1. The number of carbonyl (C=O) groups excluding carboxylic acids is 1. The molecule has 0 spiro atoms. The summed E-state index contributed by atoms with van der Waals surface area (Å²) in [5.41, 5.74) is 0. The molecule has 2 heterocycles. The van der Waals surface area contributed by atoms with Crippen molar-refractivity contribution in [3.63, 3.8) is 0 Å². The molecule has 2 aliphatic rings. The molecule has 1 saturated carbocycles. The predicted molar refractivity (Wildman–Crippen MR) is 99.5 cm³/mol. The third-order valence-corrected chi connectivity index (χ3v) is 8.95. The summed E-state index contributed by atoms with van der Waals surface area (Å²) in [5.74, 6) is 0.347. The van der Waals surface area contributed by atoms with E-state index in [2.05, 4.69) is 0 Å². The van der Waals surface area contributed by atoms with Crippen molar-refractivity contribution < 1.29 is 13.2 Å². The van der Waals surface area contributed by atoms with Crippen molar-refractivity contribution in [2.45, 2.75) is 23.5 Å². The maximum Gasteiger partial charge on any atom is 0.254 e. The smallest absolute Gasteiger partial charge is 0.254 e. The van der Waals surface area contributed by atoms with E-state index in [0.29, 0.717) is 37.6 Å². The number of amides is 1. The zero-order valence-corrected chi connectivity index (χ0v) is 16.0. The van der Waals surface area contributed by atoms with E-state index in [9.17, 15) is 13.2 Å². The summed E-state index contributed by atoms with van der Waals surface area (Å²) >= 11 is 7.58. The van der Waals surface area contributed by atoms with Crippen molar-refractivity contribution in [3.8, 4) is 0 Å². The highest BCUT2D eigenvalue weighted by Gasteiger charge is 2.36. The van der Waals surface area contributed by atoms with Crippen LogP contribution in [0.2, 0.25) is 5.02 Å². The van der Waals surface area contributed by atoms with Gasteiger partial charge in [-0.15, -0.1) is 11.3 Å². The van der Waals surface area contributed by atoms with Crippen LogP contribution in [0.5, 0.6) is 0 Å². The molecule has 2 aromatic rings. The summed E-state index contributed by atoms with van der Waals surface area (Å²) in [6.07, 6.45) is 2.59. The maximum atomic E-state index is 13.1. The Morgan fingerprint density at radius 2 is 1.88 bits per heavy atom. The Bertz CT molecular complexity index is 921. The number of fused-ring (bicyclic) bond motifs is 1. The summed E-state index contributed by atoms with van der Waals surface area (Å²) in [7, 11) is -3.65. The minimum Gasteiger partial charge on any atom is -0.341 e. The minimum absolute atomic E-state index is 0.167. The Morgan fingerprint density at radius 3 is 2.60 bits per heavy atom. The molecule has 1 aliphatic heterocycles. The topological polar surface area (TPSA) is 57.7 Å². The minimum atomic E-state index is -3.65. The molecule has 5 nitrogen and oxygen atoms in total. The fourth-order valence-electron chi connectivity index (χ4n) is 3.22. The fourth-order valence-corrected chi connectivity index (χ4v) is 6.94. The third-order valence-electron chi connectivity index (χ3n) is 4.77. The first-order chi connectivity index (χ1) is 12.0. The number of rotatable bonds is 3. The normalized spacial score (nSPS) is 20.0. The number of benzene rings is 1. The van der Waals surface area contributed by atoms with Crippen LogP contribution in [0.4, 0.5) is 0 Å². The van der Waals surface area contributed by atoms with Crippen molar-refractivity contribution in [2.75, 3.05) is 26.2 Å². The van der Waals surface area contributed by atoms with Gasteiger partial charge in [0.2, 0.25) is 5.91 Å². The molecule has 0 N–H and O–H groups in total. The standard InChI is InChI=1S/C17H19ClN2O3S2/c18-15-13-4-1-2-5-14(13)24-17(15)25(22,23)20-9-3-8-19(10-11-20)16(21)12-6-7-12/h1-2,4-5,12H,3,6-11H2. The molecule has 8 heteroatoms. The summed E-state index contributed by atoms with van der Waals surface area (Å²) < 4.78 is 28.8. The molecule has 0 radical (unpaired) electrons. The molecule has 1 aromatic carbocycles. The van der Waals surface area contributed by atoms with Gasteiger partial charge in [-0.2, -0.15) is 4.31 Å². The zero-order valence-electron chi connectivity index (χ0n) is 13.7. The Balaban J connectivity index is 1.59. The van der Waals surface area contributed by atoms with Crippen LogP contribution in [0.15, 0.2) is 28.5 Å². The summed E-state index contributed by atoms with van der Waals surface area (Å²) in [5, 5.41) is 1.07. The second-order valence-electron chi connectivity index (χ2n) is 6.56. The lowest BCUT2D eigenvalue weighted by atomic mass is 10.3. The van der Waals surface area contributed by atoms with Crippen molar-refractivity contribution >= 4 is 49.0 Å². The lowest BCUT2D eigenvalue weighted by Crippen LogP contribution is -2.37. The van der Waals surface area contributed by atoms with Crippen LogP contribution in [-0.2, 0) is 14.8 Å². The molecule has 1 aliphatic carbocycles. The first-order valence-electron chi connectivity index (χ1n) is 8.44. The number of sulfonamides is 1. The Hall–Kier alpha value is -1.15. The molecule has 1 aromatic heterocycles. The van der Waals surface area contributed by atoms with E-state index in [1.807, 2.05) is 29.2 Å². The van der Waals surface area contributed by atoms with Crippen molar-refractivity contribution in [3.05, 3.63) is 29.3 Å². The lowest BCUT2D eigenvalue weighted by molar-refractivity contribution is -0.132. The van der Waals surface area contributed by atoms with Gasteiger partial charge in [0.15, 0.2) is 4.21 Å². The van der Waals surface area contributed by atoms with Crippen LogP contribution in [0.25, 0.3) is 10.1 Å². The van der Waals surface area contributed by atoms with Crippen LogP contribution < -0.4 is 0 Å². The number of nitrogens with zero attached hydrogens (tertiary/aromatic N) is 2. The molecule has 0 unspecified atom stereocenters. The first kappa shape index (κ1) is 17.3. The third kappa shape index (κ3) is 3.18. The van der Waals surface area contributed by atoms with Crippen molar-refractivity contribution in [1.29, 1.82) is 0 Å². The van der Waals surface area contributed by atoms with Crippen LogP contribution in [-0.4, -0.2) is 49.7 Å². The molecule has 2 fully saturated rings. The van der Waals surface area contributed by atoms with E-state index in [4.69, 9.17) is 11.6 Å². The second kappa shape index (κ2) is 6.54. The molecular formula is C17H19ClN2O3S2. The molecule has 4 rings (SSSR count). The van der Waals surface area contributed by atoms with Crippen LogP contribution in [0, 0.1) is 5.92 Å². The van der Waals surface area contributed by atoms with Gasteiger partial charge in [0.05, 0.1) is 5.02 Å². The highest BCUT2D eigenvalue weighted by atomic mass is 35.5. The van der Waals surface area contributed by atoms with Gasteiger partial charge in [-0.3, -0.25) is 4.79 Å². The van der Waals surface area contributed by atoms with Gasteiger partial charge in [-0.05, 0) is 25.3 Å². The number of hydrogen-bond donors (Lipinski definition) is 0. The largest absolute Gasteiger partial charge is 0.341 e. The molecule has 134 valence electrons. The quantitative estimate of drug-likeness (QED) is 0.797. The van der Waals surface area contributed by atoms with Gasteiger partial charge in [0.25, 0.3) is 10.0 Å². The van der Waals surface area contributed by atoms with E-state index in [1.54, 1.807) is 0 Å². The average Bonchev–Trinajstić information content (AvgIpc) is 3.41. The monoisotopic (exact) mass is 398 g/mol. The van der Waals surface area contributed by atoms with E-state index < -0.39 is 10.0 Å². The number of thiophene rings is 1. The van der Waals surface area contributed by atoms with Gasteiger partial charge in [-0.25, -0.2) is 8.42 Å². The first-order valence-corrected chi connectivity index (χ1v) is 11.1. The van der Waals surface area contributed by atoms with Crippen molar-refractivity contribution in [1.82, 2.24) is 9.21 Å². The highest BCUT2D eigenvalue weighted by molar-refractivity contribution is 7.91. The maximum absolute atomic E-state index is 13.1. The number of carbonyl (C=O) groups is 1. The fraction of sp³-hybridized carbons (Fsp3) is 0.471. The summed E-state index contributed by atoms with van der Waals surface area (Å²) in [6, 6.07) is 7.44. The number of halogens is 1. The highest BCUT2D eigenvalue weighted by Crippen LogP contribution is 2.39. The van der Waals surface area contributed by atoms with E-state index >= 15 is 0 Å². The Labute approximate surface area is 156 Å². The molecular weight excluding hydrogens is 380 g/mol. The summed E-state index contributed by atoms with van der Waals surface area (Å²) in [6.45, 7) is 1.82. The summed E-state index contributed by atoms with van der Waals surface area (Å²) in [4.78, 5) is 14.1. The van der Waals surface area contributed by atoms with Gasteiger partial charge >= 0.3 is 0 Å². The predicted octanol–water partition coefficient (Wildman–Crippen LogP) is 3.19.